The van der Waals surface area contributed by atoms with Crippen molar-refractivity contribution in [3.05, 3.63) is 60.7 Å². The molecule has 0 aromatic heterocycles. The van der Waals surface area contributed by atoms with Crippen molar-refractivity contribution >= 4 is 30.9 Å². The van der Waals surface area contributed by atoms with Crippen molar-refractivity contribution in [2.75, 3.05) is 37.0 Å². The van der Waals surface area contributed by atoms with E-state index in [1.807, 2.05) is 0 Å². The first-order valence-corrected chi connectivity index (χ1v) is 14.6. The number of ketones is 1. The van der Waals surface area contributed by atoms with Crippen molar-refractivity contribution in [3.8, 4) is 0 Å². The maximum absolute atomic E-state index is 13.3. The van der Waals surface area contributed by atoms with Gasteiger partial charge in [-0.25, -0.2) is 0 Å². The number of rotatable bonds is 10. The van der Waals surface area contributed by atoms with Crippen LogP contribution in [0.25, 0.3) is 0 Å². The summed E-state index contributed by atoms with van der Waals surface area (Å²) in [5, 5.41) is 2.85. The lowest BCUT2D eigenvalue weighted by Crippen LogP contribution is -2.28. The minimum atomic E-state index is -1.40. The van der Waals surface area contributed by atoms with Crippen molar-refractivity contribution in [1.29, 1.82) is 0 Å². The van der Waals surface area contributed by atoms with E-state index in [4.69, 9.17) is 0 Å². The molecule has 3 heteroatoms. The second-order valence-corrected chi connectivity index (χ2v) is 15.9. The van der Waals surface area contributed by atoms with Crippen LogP contribution >= 0.6 is 14.5 Å². The summed E-state index contributed by atoms with van der Waals surface area (Å²) in [6, 6.07) is 21.6. The third kappa shape index (κ3) is 4.62. The number of benzene rings is 2. The fourth-order valence-electron chi connectivity index (χ4n) is 4.02. The van der Waals surface area contributed by atoms with Crippen molar-refractivity contribution in [2.45, 2.75) is 27.7 Å². The van der Waals surface area contributed by atoms with E-state index >= 15 is 0 Å². The molecule has 0 radical (unpaired) electrons. The van der Waals surface area contributed by atoms with Gasteiger partial charge >= 0.3 is 0 Å². The van der Waals surface area contributed by atoms with Gasteiger partial charge in [0.05, 0.1) is 49.8 Å². The first kappa shape index (κ1) is 21.3. The number of carbonyl (C=O) groups is 1. The Hall–Kier alpha value is -1.03. The zero-order valence-corrected chi connectivity index (χ0v) is 18.6. The van der Waals surface area contributed by atoms with Crippen LogP contribution in [0.1, 0.15) is 27.7 Å². The van der Waals surface area contributed by atoms with Crippen LogP contribution in [0.15, 0.2) is 60.7 Å². The third-order valence-electron chi connectivity index (χ3n) is 5.99. The lowest BCUT2D eigenvalue weighted by atomic mass is 10.4. The van der Waals surface area contributed by atoms with Gasteiger partial charge in [0.25, 0.3) is 0 Å². The molecule has 2 aromatic rings. The summed E-state index contributed by atoms with van der Waals surface area (Å²) in [4.78, 5) is 13.3. The molecule has 0 aliphatic heterocycles. The van der Waals surface area contributed by atoms with Crippen molar-refractivity contribution < 1.29 is 4.79 Å². The number of hydrogen-bond acceptors (Lipinski definition) is 1. The zero-order chi connectivity index (χ0) is 19.0. The topological polar surface area (TPSA) is 17.1 Å². The van der Waals surface area contributed by atoms with Crippen LogP contribution in [0, 0.1) is 0 Å². The molecule has 1 nitrogen and oxygen atoms in total. The summed E-state index contributed by atoms with van der Waals surface area (Å²) in [5.74, 6) is 0.492. The molecule has 0 unspecified atom stereocenters. The molecule has 0 heterocycles. The molecule has 0 N–H and O–H groups in total. The summed E-state index contributed by atoms with van der Waals surface area (Å²) < 4.78 is 0. The van der Waals surface area contributed by atoms with Gasteiger partial charge in [0.15, 0.2) is 0 Å². The highest BCUT2D eigenvalue weighted by atomic mass is 31.2. The van der Waals surface area contributed by atoms with Crippen LogP contribution in [-0.2, 0) is 4.79 Å². The molecule has 0 aliphatic carbocycles. The zero-order valence-electron chi connectivity index (χ0n) is 16.8. The van der Waals surface area contributed by atoms with Crippen LogP contribution in [0.4, 0.5) is 0 Å². The Morgan fingerprint density at radius 3 is 1.19 bits per heavy atom. The fraction of sp³-hybridized carbons (Fsp3) is 0.435. The first-order valence-electron chi connectivity index (χ1n) is 9.91. The summed E-state index contributed by atoms with van der Waals surface area (Å²) in [7, 11) is -2.79. The van der Waals surface area contributed by atoms with Gasteiger partial charge in [0.2, 0.25) is 5.78 Å². The van der Waals surface area contributed by atoms with Crippen molar-refractivity contribution in [2.24, 2.45) is 0 Å². The van der Waals surface area contributed by atoms with E-state index in [1.165, 1.54) is 10.6 Å². The normalized spacial score (nSPS) is 12.2. The Morgan fingerprint density at radius 2 is 0.923 bits per heavy atom. The maximum atomic E-state index is 13.3. The van der Waals surface area contributed by atoms with E-state index in [0.29, 0.717) is 5.78 Å². The van der Waals surface area contributed by atoms with Crippen LogP contribution < -0.4 is 10.6 Å². The number of carbonyl (C=O) groups excluding carboxylic acids is 1. The van der Waals surface area contributed by atoms with Gasteiger partial charge in [-0.05, 0) is 52.0 Å². The lowest BCUT2D eigenvalue weighted by Gasteiger charge is -2.27. The molecule has 0 amide bonds. The second-order valence-electron chi connectivity index (χ2n) is 7.08. The molecule has 0 saturated heterocycles. The summed E-state index contributed by atoms with van der Waals surface area (Å²) in [5.41, 5.74) is 0. The van der Waals surface area contributed by atoms with E-state index in [1.54, 1.807) is 0 Å². The second kappa shape index (κ2) is 9.77. The van der Waals surface area contributed by atoms with Crippen LogP contribution in [-0.4, -0.2) is 42.8 Å². The van der Waals surface area contributed by atoms with Crippen molar-refractivity contribution in [3.63, 3.8) is 0 Å². The molecular weight excluding hydrogens is 354 g/mol. The van der Waals surface area contributed by atoms with Gasteiger partial charge in [0.1, 0.15) is 12.3 Å². The first-order chi connectivity index (χ1) is 12.6. The van der Waals surface area contributed by atoms with Gasteiger partial charge in [-0.2, -0.15) is 0 Å². The molecule has 2 rings (SSSR count). The standard InChI is InChI=1S/C23H34OP2/c1-5-25(6-2,22-15-11-9-12-16-22)19-21(24)20-26(7-3,8-4)23-17-13-10-14-18-23/h9-18H,5-8,19-20H2,1-4H3/q+2. The number of Topliss-reactive ketones (excluding diaryl/α,β-unsaturated/α-hetero) is 1. The molecule has 0 spiro atoms. The predicted molar refractivity (Wildman–Crippen MR) is 123 cm³/mol. The van der Waals surface area contributed by atoms with Gasteiger partial charge in [-0.15, -0.1) is 0 Å². The molecule has 2 aromatic carbocycles. The van der Waals surface area contributed by atoms with E-state index in [0.717, 1.165) is 37.0 Å². The van der Waals surface area contributed by atoms with E-state index in [9.17, 15) is 4.79 Å². The maximum Gasteiger partial charge on any atom is 0.207 e. The molecule has 140 valence electrons. The highest BCUT2D eigenvalue weighted by Gasteiger charge is 2.44. The predicted octanol–water partition coefficient (Wildman–Crippen LogP) is 5.32. The average Bonchev–Trinajstić information content (AvgIpc) is 2.71. The molecule has 0 fully saturated rings. The average molecular weight is 388 g/mol. The Morgan fingerprint density at radius 1 is 0.615 bits per heavy atom. The SMILES string of the molecule is CC[P+](CC)(CC(=O)C[P+](CC)(CC)c1ccccc1)c1ccccc1. The van der Waals surface area contributed by atoms with Crippen LogP contribution in [0.2, 0.25) is 0 Å². The van der Waals surface area contributed by atoms with Crippen LogP contribution in [0.3, 0.4) is 0 Å². The smallest absolute Gasteiger partial charge is 0.207 e. The summed E-state index contributed by atoms with van der Waals surface area (Å²) >= 11 is 0. The Labute approximate surface area is 161 Å². The van der Waals surface area contributed by atoms with Gasteiger partial charge in [-0.3, -0.25) is 4.79 Å². The summed E-state index contributed by atoms with van der Waals surface area (Å²) in [6.07, 6.45) is 6.03. The highest BCUT2D eigenvalue weighted by Crippen LogP contribution is 2.60. The van der Waals surface area contributed by atoms with Gasteiger partial charge < -0.3 is 0 Å². The van der Waals surface area contributed by atoms with E-state index in [2.05, 4.69) is 88.4 Å². The van der Waals surface area contributed by atoms with E-state index < -0.39 is 14.5 Å². The molecule has 0 saturated carbocycles. The molecule has 0 bridgehead atoms. The molecule has 0 atom stereocenters. The Balaban J connectivity index is 2.26. The van der Waals surface area contributed by atoms with Crippen LogP contribution in [0.5, 0.6) is 0 Å². The quantitative estimate of drug-likeness (QED) is 0.504. The lowest BCUT2D eigenvalue weighted by molar-refractivity contribution is -0.114. The Bertz CT molecular complexity index is 614. The Kier molecular flexibility index (Phi) is 8.00. The fourth-order valence-corrected chi connectivity index (χ4v) is 11.0. The minimum Gasteiger partial charge on any atom is -0.291 e. The largest absolute Gasteiger partial charge is 0.291 e. The molecule has 26 heavy (non-hydrogen) atoms. The summed E-state index contributed by atoms with van der Waals surface area (Å²) in [6.45, 7) is 9.10. The molecule has 0 aliphatic rings. The highest BCUT2D eigenvalue weighted by molar-refractivity contribution is 7.85. The van der Waals surface area contributed by atoms with E-state index in [-0.39, 0.29) is 0 Å². The van der Waals surface area contributed by atoms with Gasteiger partial charge in [-0.1, -0.05) is 36.4 Å². The minimum absolute atomic E-state index is 0.492. The van der Waals surface area contributed by atoms with Gasteiger partial charge in [0, 0.05) is 0 Å². The molecular formula is C23H34OP2+2. The monoisotopic (exact) mass is 388 g/mol. The third-order valence-corrected chi connectivity index (χ3v) is 15.5. The van der Waals surface area contributed by atoms with Crippen molar-refractivity contribution in [1.82, 2.24) is 0 Å². The number of hydrogen-bond donors (Lipinski definition) is 0.